The number of terminal acetylenes is 1. The maximum absolute atomic E-state index is 10.3. The zero-order valence-electron chi connectivity index (χ0n) is 18.0. The summed E-state index contributed by atoms with van der Waals surface area (Å²) in [6, 6.07) is 16.0. The summed E-state index contributed by atoms with van der Waals surface area (Å²) in [4.78, 5) is 0. The number of hydrogen-bond donors (Lipinski definition) is 3. The Morgan fingerprint density at radius 1 is 0.968 bits per heavy atom. The average Bonchev–Trinajstić information content (AvgIpc) is 2.79. The van der Waals surface area contributed by atoms with Gasteiger partial charge >= 0.3 is 0 Å². The molecule has 1 fully saturated rings. The van der Waals surface area contributed by atoms with Crippen LogP contribution in [0.15, 0.2) is 48.5 Å². The maximum atomic E-state index is 10.3. The summed E-state index contributed by atoms with van der Waals surface area (Å²) >= 11 is 0. The number of aliphatic hydroxyl groups excluding tert-OH is 3. The monoisotopic (exact) mass is 424 g/mol. The van der Waals surface area contributed by atoms with Crippen molar-refractivity contribution < 1.29 is 24.8 Å². The van der Waals surface area contributed by atoms with Crippen molar-refractivity contribution in [2.45, 2.75) is 76.2 Å². The predicted molar refractivity (Wildman–Crippen MR) is 120 cm³/mol. The third-order valence-corrected chi connectivity index (χ3v) is 5.65. The van der Waals surface area contributed by atoms with Crippen LogP contribution < -0.4 is 4.74 Å². The van der Waals surface area contributed by atoms with E-state index in [0.717, 1.165) is 43.2 Å². The second kappa shape index (κ2) is 11.3. The summed E-state index contributed by atoms with van der Waals surface area (Å²) in [6.07, 6.45) is 5.23. The van der Waals surface area contributed by atoms with Gasteiger partial charge in [-0.15, -0.1) is 12.3 Å². The molecule has 3 N–H and O–H groups in total. The molecule has 0 spiro atoms. The normalized spacial score (nSPS) is 25.7. The molecule has 2 aromatic carbocycles. The fraction of sp³-hybridized carbons (Fsp3) is 0.462. The lowest BCUT2D eigenvalue weighted by Gasteiger charge is -2.40. The molecule has 166 valence electrons. The Morgan fingerprint density at radius 2 is 1.74 bits per heavy atom. The third kappa shape index (κ3) is 6.09. The molecule has 5 nitrogen and oxygen atoms in total. The number of benzene rings is 2. The highest BCUT2D eigenvalue weighted by molar-refractivity contribution is 5.64. The number of unbranched alkanes of at least 4 members (excludes halogenated alkanes) is 2. The van der Waals surface area contributed by atoms with Gasteiger partial charge in [0, 0.05) is 6.42 Å². The van der Waals surface area contributed by atoms with E-state index in [1.54, 1.807) is 0 Å². The van der Waals surface area contributed by atoms with Crippen LogP contribution in [-0.4, -0.2) is 46.0 Å². The summed E-state index contributed by atoms with van der Waals surface area (Å²) in [6.45, 7) is 1.97. The molecule has 3 rings (SSSR count). The van der Waals surface area contributed by atoms with Crippen LogP contribution in [0.25, 0.3) is 11.1 Å². The minimum absolute atomic E-state index is 0.525. The van der Waals surface area contributed by atoms with Gasteiger partial charge < -0.3 is 24.8 Å². The Morgan fingerprint density at radius 3 is 2.45 bits per heavy atom. The minimum atomic E-state index is -1.33. The summed E-state index contributed by atoms with van der Waals surface area (Å²) in [5, 5.41) is 30.5. The lowest BCUT2D eigenvalue weighted by atomic mass is 9.96. The first-order chi connectivity index (χ1) is 15.0. The van der Waals surface area contributed by atoms with Gasteiger partial charge in [-0.1, -0.05) is 49.7 Å². The predicted octanol–water partition coefficient (Wildman–Crippen LogP) is 3.69. The molecule has 0 bridgehead atoms. The van der Waals surface area contributed by atoms with Gasteiger partial charge in [-0.3, -0.25) is 0 Å². The molecule has 5 atom stereocenters. The Bertz CT molecular complexity index is 857. The van der Waals surface area contributed by atoms with E-state index in [2.05, 4.69) is 30.2 Å². The largest absolute Gasteiger partial charge is 0.462 e. The van der Waals surface area contributed by atoms with Crippen LogP contribution in [0, 0.1) is 12.3 Å². The van der Waals surface area contributed by atoms with Gasteiger partial charge in [-0.25, -0.2) is 0 Å². The number of rotatable bonds is 9. The molecular weight excluding hydrogens is 392 g/mol. The van der Waals surface area contributed by atoms with Crippen LogP contribution in [0.3, 0.4) is 0 Å². The molecule has 2 aromatic rings. The van der Waals surface area contributed by atoms with E-state index < -0.39 is 30.7 Å². The highest BCUT2D eigenvalue weighted by Crippen LogP contribution is 2.28. The van der Waals surface area contributed by atoms with Crippen molar-refractivity contribution in [3.05, 3.63) is 54.1 Å². The second-order valence-corrected chi connectivity index (χ2v) is 8.06. The molecule has 0 saturated carbocycles. The lowest BCUT2D eigenvalue weighted by molar-refractivity contribution is -0.273. The summed E-state index contributed by atoms with van der Waals surface area (Å²) in [7, 11) is 0. The van der Waals surface area contributed by atoms with E-state index in [1.165, 1.54) is 5.56 Å². The molecule has 1 heterocycles. The highest BCUT2D eigenvalue weighted by Gasteiger charge is 2.44. The third-order valence-electron chi connectivity index (χ3n) is 5.65. The van der Waals surface area contributed by atoms with Crippen molar-refractivity contribution in [3.8, 4) is 29.2 Å². The van der Waals surface area contributed by atoms with Crippen LogP contribution in [0.2, 0.25) is 0 Å². The molecule has 1 aliphatic rings. The number of aliphatic hydroxyl groups is 3. The Hall–Kier alpha value is -2.36. The van der Waals surface area contributed by atoms with Gasteiger partial charge in [-0.05, 0) is 54.5 Å². The number of ether oxygens (including phenoxy) is 2. The van der Waals surface area contributed by atoms with E-state index in [4.69, 9.17) is 15.9 Å². The first-order valence-corrected chi connectivity index (χ1v) is 11.0. The van der Waals surface area contributed by atoms with E-state index in [9.17, 15) is 15.3 Å². The summed E-state index contributed by atoms with van der Waals surface area (Å²) in [5.74, 6) is 3.20. The quantitative estimate of drug-likeness (QED) is 0.423. The first-order valence-electron chi connectivity index (χ1n) is 11.0. The maximum Gasteiger partial charge on any atom is 0.229 e. The SMILES string of the molecule is C#CCCCCc1cccc(-c2ccc(O[C@H]3O[C@H](CCC)[C@@H](O)[C@H](O)[C@@H]3O)cc2)c1. The van der Waals surface area contributed by atoms with E-state index in [1.807, 2.05) is 31.2 Å². The number of aryl methyl sites for hydroxylation is 1. The van der Waals surface area contributed by atoms with Gasteiger partial charge in [0.1, 0.15) is 24.1 Å². The molecule has 0 unspecified atom stereocenters. The molecule has 0 aliphatic carbocycles. The van der Waals surface area contributed by atoms with Crippen molar-refractivity contribution in [1.82, 2.24) is 0 Å². The van der Waals surface area contributed by atoms with Gasteiger partial charge in [0.25, 0.3) is 0 Å². The molecule has 0 radical (unpaired) electrons. The molecule has 1 saturated heterocycles. The molecule has 31 heavy (non-hydrogen) atoms. The smallest absolute Gasteiger partial charge is 0.229 e. The Labute approximate surface area is 184 Å². The fourth-order valence-corrected chi connectivity index (χ4v) is 3.86. The van der Waals surface area contributed by atoms with Crippen molar-refractivity contribution in [2.24, 2.45) is 0 Å². The van der Waals surface area contributed by atoms with Gasteiger partial charge in [0.2, 0.25) is 6.29 Å². The lowest BCUT2D eigenvalue weighted by Crippen LogP contribution is -2.59. The standard InChI is InChI=1S/C26H32O5/c1-3-5-6-7-10-18-11-8-12-20(17-18)19-13-15-21(16-14-19)30-26-25(29)24(28)23(27)22(31-26)9-4-2/h1,8,11-17,22-29H,4-7,9-10H2,2H3/t22-,23-,24+,25+,26+/m1/s1. The van der Waals surface area contributed by atoms with Crippen LogP contribution in [0.4, 0.5) is 0 Å². The Balaban J connectivity index is 1.64. The minimum Gasteiger partial charge on any atom is -0.462 e. The molecular formula is C26H32O5. The van der Waals surface area contributed by atoms with Gasteiger partial charge in [-0.2, -0.15) is 0 Å². The van der Waals surface area contributed by atoms with Crippen molar-refractivity contribution in [3.63, 3.8) is 0 Å². The average molecular weight is 425 g/mol. The molecule has 1 aliphatic heterocycles. The highest BCUT2D eigenvalue weighted by atomic mass is 16.7. The first kappa shape index (κ1) is 23.3. The van der Waals surface area contributed by atoms with Crippen LogP contribution in [0.1, 0.15) is 44.6 Å². The van der Waals surface area contributed by atoms with Gasteiger partial charge in [0.15, 0.2) is 0 Å². The van der Waals surface area contributed by atoms with Crippen molar-refractivity contribution >= 4 is 0 Å². The Kier molecular flexibility index (Phi) is 8.51. The van der Waals surface area contributed by atoms with E-state index in [0.29, 0.717) is 12.2 Å². The zero-order valence-corrected chi connectivity index (χ0v) is 18.0. The molecule has 0 amide bonds. The number of hydrogen-bond acceptors (Lipinski definition) is 5. The molecule has 0 aromatic heterocycles. The molecule has 5 heteroatoms. The second-order valence-electron chi connectivity index (χ2n) is 8.06. The zero-order chi connectivity index (χ0) is 22.2. The van der Waals surface area contributed by atoms with Crippen molar-refractivity contribution in [1.29, 1.82) is 0 Å². The van der Waals surface area contributed by atoms with Crippen LogP contribution >= 0.6 is 0 Å². The van der Waals surface area contributed by atoms with Gasteiger partial charge in [0.05, 0.1) is 6.10 Å². The van der Waals surface area contributed by atoms with Crippen molar-refractivity contribution in [2.75, 3.05) is 0 Å². The topological polar surface area (TPSA) is 79.2 Å². The summed E-state index contributed by atoms with van der Waals surface area (Å²) < 4.78 is 11.5. The van der Waals surface area contributed by atoms with E-state index >= 15 is 0 Å². The van der Waals surface area contributed by atoms with Crippen LogP contribution in [-0.2, 0) is 11.2 Å². The summed E-state index contributed by atoms with van der Waals surface area (Å²) in [5.41, 5.74) is 3.46. The fourth-order valence-electron chi connectivity index (χ4n) is 3.86. The van der Waals surface area contributed by atoms with Crippen LogP contribution in [0.5, 0.6) is 5.75 Å². The van der Waals surface area contributed by atoms with E-state index in [-0.39, 0.29) is 0 Å².